The van der Waals surface area contributed by atoms with Gasteiger partial charge in [0.15, 0.2) is 7.85 Å². The molecule has 0 rings (SSSR count). The summed E-state index contributed by atoms with van der Waals surface area (Å²) in [6.45, 7) is 3.11. The number of hydrogen-bond donors (Lipinski definition) is 1. The molecule has 2 radical (unpaired) electrons. The van der Waals surface area contributed by atoms with Gasteiger partial charge in [0.25, 0.3) is 0 Å². The Balaban J connectivity index is 4.75. The van der Waals surface area contributed by atoms with Crippen molar-refractivity contribution in [2.45, 2.75) is 19.4 Å². The highest BCUT2D eigenvalue weighted by Crippen LogP contribution is 2.04. The van der Waals surface area contributed by atoms with Gasteiger partial charge < -0.3 is 15.2 Å². The summed E-state index contributed by atoms with van der Waals surface area (Å²) >= 11 is 0. The third-order valence-corrected chi connectivity index (χ3v) is 1.71. The molecule has 5 nitrogen and oxygen atoms in total. The van der Waals surface area contributed by atoms with Gasteiger partial charge in [-0.15, -0.1) is 5.10 Å². The monoisotopic (exact) mass is 196 g/mol. The van der Waals surface area contributed by atoms with E-state index in [1.54, 1.807) is 27.9 Å². The molecule has 0 atom stereocenters. The Morgan fingerprint density at radius 1 is 1.64 bits per heavy atom. The topological polar surface area (TPSA) is 64.5 Å². The van der Waals surface area contributed by atoms with Gasteiger partial charge in [-0.1, -0.05) is 0 Å². The molecule has 0 aliphatic carbocycles. The second kappa shape index (κ2) is 4.46. The summed E-state index contributed by atoms with van der Waals surface area (Å²) in [5, 5.41) is 17.7. The van der Waals surface area contributed by atoms with E-state index < -0.39 is 11.4 Å². The van der Waals surface area contributed by atoms with Crippen molar-refractivity contribution in [3.63, 3.8) is 0 Å². The molecular formula is C8H15BN3O2-. The molecule has 78 valence electrons. The second-order valence-corrected chi connectivity index (χ2v) is 4.06. The molecule has 6 heteroatoms. The molecule has 0 fully saturated rings. The van der Waals surface area contributed by atoms with Gasteiger partial charge in [0.2, 0.25) is 0 Å². The summed E-state index contributed by atoms with van der Waals surface area (Å²) in [6.07, 6.45) is 1.69. The van der Waals surface area contributed by atoms with Gasteiger partial charge >= 0.3 is 0 Å². The van der Waals surface area contributed by atoms with Crippen LogP contribution in [0.25, 0.3) is 0 Å². The molecule has 14 heavy (non-hydrogen) atoms. The second-order valence-electron chi connectivity index (χ2n) is 4.06. The van der Waals surface area contributed by atoms with Crippen LogP contribution in [0.2, 0.25) is 0 Å². The van der Waals surface area contributed by atoms with Crippen molar-refractivity contribution in [2.24, 2.45) is 5.10 Å². The summed E-state index contributed by atoms with van der Waals surface area (Å²) < 4.78 is 0.0306. The maximum Gasteiger partial charge on any atom is 0.152 e. The molecule has 0 heterocycles. The molecule has 0 aliphatic rings. The van der Waals surface area contributed by atoms with Crippen LogP contribution in [-0.2, 0) is 4.79 Å². The van der Waals surface area contributed by atoms with Crippen LogP contribution in [0.4, 0.5) is 0 Å². The molecule has 0 spiro atoms. The number of amides is 1. The molecule has 0 bridgehead atoms. The maximum atomic E-state index is 11.5. The van der Waals surface area contributed by atoms with E-state index in [0.29, 0.717) is 0 Å². The fourth-order valence-electron chi connectivity index (χ4n) is 0.593. The van der Waals surface area contributed by atoms with E-state index in [4.69, 9.17) is 7.85 Å². The average molecular weight is 196 g/mol. The molecule has 0 aromatic heterocycles. The van der Waals surface area contributed by atoms with E-state index in [-0.39, 0.29) is 11.0 Å². The van der Waals surface area contributed by atoms with E-state index in [1.165, 1.54) is 6.41 Å². The van der Waals surface area contributed by atoms with Crippen molar-refractivity contribution in [1.29, 1.82) is 0 Å². The standard InChI is InChI=1S/C8H16BN3O2/c1-8(2,10-6-13)7(14)11-12(3,4)5-9/h5H2,1-4H3,(H,10,13)(H,11,14)/p-1. The first-order valence-electron chi connectivity index (χ1n) is 4.20. The number of carbonyl (C=O) groups excluding carboxylic acids is 1. The zero-order valence-electron chi connectivity index (χ0n) is 9.00. The van der Waals surface area contributed by atoms with Gasteiger partial charge in [-0.05, 0) is 13.8 Å². The first-order chi connectivity index (χ1) is 6.25. The van der Waals surface area contributed by atoms with Crippen LogP contribution in [0.5, 0.6) is 0 Å². The number of rotatable bonds is 5. The van der Waals surface area contributed by atoms with E-state index in [2.05, 4.69) is 10.4 Å². The van der Waals surface area contributed by atoms with Crippen LogP contribution in [0, 0.1) is 0 Å². The van der Waals surface area contributed by atoms with E-state index in [9.17, 15) is 9.90 Å². The Morgan fingerprint density at radius 2 is 2.14 bits per heavy atom. The van der Waals surface area contributed by atoms with E-state index in [0.717, 1.165) is 0 Å². The Bertz CT molecular complexity index is 239. The van der Waals surface area contributed by atoms with Crippen LogP contribution in [-0.4, -0.2) is 50.8 Å². The summed E-state index contributed by atoms with van der Waals surface area (Å²) in [4.78, 5) is 10.1. The highest BCUT2D eigenvalue weighted by Gasteiger charge is 2.17. The molecule has 0 aromatic carbocycles. The van der Waals surface area contributed by atoms with Gasteiger partial charge in [0.1, 0.15) is 0 Å². The van der Waals surface area contributed by atoms with Gasteiger partial charge in [0, 0.05) is 11.4 Å². The van der Waals surface area contributed by atoms with Crippen LogP contribution in [0.15, 0.2) is 5.10 Å². The van der Waals surface area contributed by atoms with Crippen molar-refractivity contribution in [1.82, 2.24) is 5.32 Å². The smallest absolute Gasteiger partial charge is 0.152 e. The maximum absolute atomic E-state index is 11.5. The minimum absolute atomic E-state index is 0.0306. The number of quaternary nitrogens is 1. The Kier molecular flexibility index (Phi) is 4.13. The summed E-state index contributed by atoms with van der Waals surface area (Å²) in [7, 11) is 8.79. The van der Waals surface area contributed by atoms with Crippen LogP contribution < -0.4 is 10.4 Å². The largest absolute Gasteiger partial charge is 0.857 e. The van der Waals surface area contributed by atoms with Crippen molar-refractivity contribution >= 4 is 20.2 Å². The summed E-state index contributed by atoms with van der Waals surface area (Å²) in [5.41, 5.74) is -1.04. The fourth-order valence-corrected chi connectivity index (χ4v) is 0.593. The molecule has 0 saturated carbocycles. The number of nitrogens with one attached hydrogen (secondary N) is 1. The normalized spacial score (nSPS) is 13.9. The lowest BCUT2D eigenvalue weighted by atomic mass is 10.1. The summed E-state index contributed by atoms with van der Waals surface area (Å²) in [5.74, 6) is -0.434. The van der Waals surface area contributed by atoms with Crippen molar-refractivity contribution < 1.29 is 14.5 Å². The molecule has 1 N–H and O–H groups in total. The minimum atomic E-state index is -1.04. The Hall–Kier alpha value is -1.04. The third-order valence-electron chi connectivity index (χ3n) is 1.71. The van der Waals surface area contributed by atoms with Gasteiger partial charge in [-0.3, -0.25) is 0 Å². The first kappa shape index (κ1) is 13.0. The number of hydrogen-bond acceptors (Lipinski definition) is 3. The third kappa shape index (κ3) is 3.78. The fraction of sp³-hybridized carbons (Fsp3) is 0.750. The lowest BCUT2D eigenvalue weighted by Gasteiger charge is -2.36. The molecule has 0 saturated heterocycles. The predicted octanol–water partition coefficient (Wildman–Crippen LogP) is -1.70. The Labute approximate surface area is 85.8 Å². The van der Waals surface area contributed by atoms with Crippen LogP contribution >= 0.6 is 0 Å². The lowest BCUT2D eigenvalue weighted by Crippen LogP contribution is -2.54. The highest BCUT2D eigenvalue weighted by atomic mass is 16.3. The Morgan fingerprint density at radius 3 is 2.50 bits per heavy atom. The predicted molar refractivity (Wildman–Crippen MR) is 53.1 cm³/mol. The van der Waals surface area contributed by atoms with Gasteiger partial charge in [-0.2, -0.15) is 6.41 Å². The van der Waals surface area contributed by atoms with Crippen molar-refractivity contribution in [2.75, 3.05) is 20.5 Å². The van der Waals surface area contributed by atoms with Crippen molar-refractivity contribution in [3.8, 4) is 0 Å². The number of nitrogens with zero attached hydrogens (tertiary/aromatic N) is 2. The SMILES string of the molecule is [B]C[N+](C)(C)/N=C(\[O-])C(C)(C)N[C-]=O. The van der Waals surface area contributed by atoms with Gasteiger partial charge in [-0.25, -0.2) is 4.59 Å². The minimum Gasteiger partial charge on any atom is -0.857 e. The molecule has 0 aromatic rings. The highest BCUT2D eigenvalue weighted by molar-refractivity contribution is 6.08. The van der Waals surface area contributed by atoms with Crippen LogP contribution in [0.1, 0.15) is 13.8 Å². The average Bonchev–Trinajstić information content (AvgIpc) is 2.03. The molecular weight excluding hydrogens is 181 g/mol. The lowest BCUT2D eigenvalue weighted by molar-refractivity contribution is -0.887. The molecule has 0 unspecified atom stereocenters. The molecule has 0 aliphatic heterocycles. The van der Waals surface area contributed by atoms with Crippen molar-refractivity contribution in [3.05, 3.63) is 0 Å². The zero-order chi connectivity index (χ0) is 11.4. The zero-order valence-corrected chi connectivity index (χ0v) is 9.00. The molecule has 1 amide bonds. The van der Waals surface area contributed by atoms with Crippen LogP contribution in [0.3, 0.4) is 0 Å². The van der Waals surface area contributed by atoms with Gasteiger partial charge in [0.05, 0.1) is 20.5 Å². The van der Waals surface area contributed by atoms with E-state index in [1.807, 2.05) is 0 Å². The van der Waals surface area contributed by atoms with E-state index >= 15 is 0 Å². The quantitative estimate of drug-likeness (QED) is 0.108. The summed E-state index contributed by atoms with van der Waals surface area (Å²) in [6, 6.07) is 0. The first-order valence-corrected chi connectivity index (χ1v) is 4.20.